The van der Waals surface area contributed by atoms with Crippen molar-refractivity contribution in [3.63, 3.8) is 0 Å². The summed E-state index contributed by atoms with van der Waals surface area (Å²) < 4.78 is 5.36. The monoisotopic (exact) mass is 220 g/mol. The molecule has 3 heteroatoms. The van der Waals surface area contributed by atoms with Gasteiger partial charge in [-0.25, -0.2) is 0 Å². The lowest BCUT2D eigenvalue weighted by Gasteiger charge is -2.16. The first-order valence-electron chi connectivity index (χ1n) is 5.85. The zero-order valence-corrected chi connectivity index (χ0v) is 9.86. The Morgan fingerprint density at radius 3 is 2.94 bits per heavy atom. The number of hydrogen-bond acceptors (Lipinski definition) is 3. The molecule has 2 N–H and O–H groups in total. The predicted molar refractivity (Wildman–Crippen MR) is 65.0 cm³/mol. The molecule has 1 aliphatic heterocycles. The SMILES string of the molecule is COC1CCN(Cc2cccc(CN)c2)C1. The predicted octanol–water partition coefficient (Wildman–Crippen LogP) is 1.37. The van der Waals surface area contributed by atoms with Crippen LogP contribution in [0.2, 0.25) is 0 Å². The number of nitrogens with zero attached hydrogens (tertiary/aromatic N) is 1. The molecule has 0 aliphatic carbocycles. The minimum absolute atomic E-state index is 0.415. The van der Waals surface area contributed by atoms with Crippen molar-refractivity contribution in [3.05, 3.63) is 35.4 Å². The molecule has 1 fully saturated rings. The Bertz CT molecular complexity index is 340. The molecule has 0 aromatic heterocycles. The standard InChI is InChI=1S/C13H20N2O/c1-16-13-5-6-15(10-13)9-12-4-2-3-11(7-12)8-14/h2-4,7,13H,5-6,8-10,14H2,1H3. The Morgan fingerprint density at radius 1 is 1.44 bits per heavy atom. The summed E-state index contributed by atoms with van der Waals surface area (Å²) in [6.45, 7) is 3.80. The van der Waals surface area contributed by atoms with Gasteiger partial charge in [-0.05, 0) is 17.5 Å². The summed E-state index contributed by atoms with van der Waals surface area (Å²) in [5.41, 5.74) is 8.19. The molecule has 0 bridgehead atoms. The molecule has 1 heterocycles. The lowest BCUT2D eigenvalue weighted by atomic mass is 10.1. The van der Waals surface area contributed by atoms with Gasteiger partial charge in [0.15, 0.2) is 0 Å². The summed E-state index contributed by atoms with van der Waals surface area (Å²) >= 11 is 0. The van der Waals surface area contributed by atoms with E-state index in [1.165, 1.54) is 11.1 Å². The molecule has 88 valence electrons. The lowest BCUT2D eigenvalue weighted by Crippen LogP contribution is -2.22. The van der Waals surface area contributed by atoms with Gasteiger partial charge < -0.3 is 10.5 Å². The molecule has 0 spiro atoms. The third-order valence-corrected chi connectivity index (χ3v) is 3.20. The van der Waals surface area contributed by atoms with E-state index < -0.39 is 0 Å². The van der Waals surface area contributed by atoms with Crippen LogP contribution >= 0.6 is 0 Å². The topological polar surface area (TPSA) is 38.5 Å². The first-order chi connectivity index (χ1) is 7.81. The van der Waals surface area contributed by atoms with Crippen molar-refractivity contribution in [2.45, 2.75) is 25.6 Å². The average molecular weight is 220 g/mol. The maximum absolute atomic E-state index is 5.64. The van der Waals surface area contributed by atoms with E-state index >= 15 is 0 Å². The molecule has 0 saturated carbocycles. The normalized spacial score (nSPS) is 21.5. The van der Waals surface area contributed by atoms with E-state index in [0.29, 0.717) is 12.6 Å². The molecule has 2 rings (SSSR count). The highest BCUT2D eigenvalue weighted by Gasteiger charge is 2.21. The van der Waals surface area contributed by atoms with Gasteiger partial charge in [-0.2, -0.15) is 0 Å². The smallest absolute Gasteiger partial charge is 0.0710 e. The molecule has 1 saturated heterocycles. The van der Waals surface area contributed by atoms with Gasteiger partial charge in [0.2, 0.25) is 0 Å². The number of likely N-dealkylation sites (tertiary alicyclic amines) is 1. The fourth-order valence-corrected chi connectivity index (χ4v) is 2.25. The number of benzene rings is 1. The second-order valence-corrected chi connectivity index (χ2v) is 4.41. The third-order valence-electron chi connectivity index (χ3n) is 3.20. The van der Waals surface area contributed by atoms with Crippen molar-refractivity contribution in [2.24, 2.45) is 5.73 Å². The van der Waals surface area contributed by atoms with E-state index in [4.69, 9.17) is 10.5 Å². The van der Waals surface area contributed by atoms with E-state index in [0.717, 1.165) is 26.1 Å². The van der Waals surface area contributed by atoms with Crippen LogP contribution in [0.5, 0.6) is 0 Å². The van der Waals surface area contributed by atoms with Crippen LogP contribution in [0.25, 0.3) is 0 Å². The van der Waals surface area contributed by atoms with E-state index in [1.807, 2.05) is 0 Å². The lowest BCUT2D eigenvalue weighted by molar-refractivity contribution is 0.107. The molecule has 1 aromatic carbocycles. The summed E-state index contributed by atoms with van der Waals surface area (Å²) in [4.78, 5) is 2.43. The van der Waals surface area contributed by atoms with Crippen molar-refractivity contribution >= 4 is 0 Å². The molecule has 0 radical (unpaired) electrons. The first kappa shape index (κ1) is 11.6. The Labute approximate surface area is 97.2 Å². The summed E-state index contributed by atoms with van der Waals surface area (Å²) in [6.07, 6.45) is 1.56. The number of ether oxygens (including phenoxy) is 1. The Balaban J connectivity index is 1.94. The minimum atomic E-state index is 0.415. The van der Waals surface area contributed by atoms with E-state index in [1.54, 1.807) is 7.11 Å². The van der Waals surface area contributed by atoms with Crippen LogP contribution in [-0.4, -0.2) is 31.2 Å². The quantitative estimate of drug-likeness (QED) is 0.833. The van der Waals surface area contributed by atoms with E-state index in [9.17, 15) is 0 Å². The van der Waals surface area contributed by atoms with Crippen LogP contribution in [0.1, 0.15) is 17.5 Å². The summed E-state index contributed by atoms with van der Waals surface area (Å²) in [5.74, 6) is 0. The summed E-state index contributed by atoms with van der Waals surface area (Å²) in [7, 11) is 1.79. The zero-order valence-electron chi connectivity index (χ0n) is 9.86. The highest BCUT2D eigenvalue weighted by atomic mass is 16.5. The van der Waals surface area contributed by atoms with Gasteiger partial charge in [-0.3, -0.25) is 4.90 Å². The molecular weight excluding hydrogens is 200 g/mol. The van der Waals surface area contributed by atoms with Crippen molar-refractivity contribution in [2.75, 3.05) is 20.2 Å². The fraction of sp³-hybridized carbons (Fsp3) is 0.538. The maximum Gasteiger partial charge on any atom is 0.0710 e. The highest BCUT2D eigenvalue weighted by Crippen LogP contribution is 2.15. The van der Waals surface area contributed by atoms with Crippen LogP contribution in [0.3, 0.4) is 0 Å². The summed E-state index contributed by atoms with van der Waals surface area (Å²) in [5, 5.41) is 0. The van der Waals surface area contributed by atoms with Gasteiger partial charge in [0.1, 0.15) is 0 Å². The van der Waals surface area contributed by atoms with Crippen LogP contribution in [-0.2, 0) is 17.8 Å². The second-order valence-electron chi connectivity index (χ2n) is 4.41. The molecule has 0 amide bonds. The van der Waals surface area contributed by atoms with E-state index in [-0.39, 0.29) is 0 Å². The minimum Gasteiger partial charge on any atom is -0.380 e. The number of nitrogens with two attached hydrogens (primary N) is 1. The average Bonchev–Trinajstić information content (AvgIpc) is 2.77. The Hall–Kier alpha value is -0.900. The third kappa shape index (κ3) is 2.82. The van der Waals surface area contributed by atoms with Crippen LogP contribution in [0, 0.1) is 0 Å². The molecular formula is C13H20N2O. The summed E-state index contributed by atoms with van der Waals surface area (Å²) in [6, 6.07) is 8.52. The van der Waals surface area contributed by atoms with Gasteiger partial charge in [-0.1, -0.05) is 24.3 Å². The van der Waals surface area contributed by atoms with Crippen LogP contribution < -0.4 is 5.73 Å². The van der Waals surface area contributed by atoms with Crippen molar-refractivity contribution in [1.29, 1.82) is 0 Å². The van der Waals surface area contributed by atoms with Crippen molar-refractivity contribution in [1.82, 2.24) is 4.90 Å². The van der Waals surface area contributed by atoms with Gasteiger partial charge in [0.05, 0.1) is 6.10 Å². The van der Waals surface area contributed by atoms with Crippen LogP contribution in [0.4, 0.5) is 0 Å². The molecule has 1 aliphatic rings. The number of hydrogen-bond donors (Lipinski definition) is 1. The van der Waals surface area contributed by atoms with Crippen molar-refractivity contribution in [3.8, 4) is 0 Å². The van der Waals surface area contributed by atoms with Gasteiger partial charge in [0, 0.05) is 33.3 Å². The Kier molecular flexibility index (Phi) is 3.93. The molecule has 1 atom stereocenters. The highest BCUT2D eigenvalue weighted by molar-refractivity contribution is 5.23. The molecule has 3 nitrogen and oxygen atoms in total. The van der Waals surface area contributed by atoms with Crippen molar-refractivity contribution < 1.29 is 4.74 Å². The largest absolute Gasteiger partial charge is 0.380 e. The molecule has 16 heavy (non-hydrogen) atoms. The Morgan fingerprint density at radius 2 is 2.25 bits per heavy atom. The zero-order chi connectivity index (χ0) is 11.4. The number of rotatable bonds is 4. The molecule has 1 unspecified atom stereocenters. The second kappa shape index (κ2) is 5.43. The maximum atomic E-state index is 5.64. The van der Waals surface area contributed by atoms with Gasteiger partial charge >= 0.3 is 0 Å². The first-order valence-corrected chi connectivity index (χ1v) is 5.85. The fourth-order valence-electron chi connectivity index (χ4n) is 2.25. The number of methoxy groups -OCH3 is 1. The van der Waals surface area contributed by atoms with Gasteiger partial charge in [0.25, 0.3) is 0 Å². The van der Waals surface area contributed by atoms with Crippen LogP contribution in [0.15, 0.2) is 24.3 Å². The van der Waals surface area contributed by atoms with Gasteiger partial charge in [-0.15, -0.1) is 0 Å². The molecule has 1 aromatic rings. The van der Waals surface area contributed by atoms with E-state index in [2.05, 4.69) is 29.2 Å².